The Hall–Kier alpha value is -3.36. The molecule has 1 aliphatic rings. The molecular formula is C18H14F6N2O4. The van der Waals surface area contributed by atoms with E-state index >= 15 is 0 Å². The standard InChI is InChI=1S/C18H14F6N2O4/c1-3-28-16(27)13-8(2)29-15(26)10(7-25)14(13)9-4-5-12(30-18(22,23)24)11(6-9)17(19,20)21/h4-6,14H,3,26H2,1-2H3. The number of carbonyl (C=O) groups is 1. The lowest BCUT2D eigenvalue weighted by Gasteiger charge is -2.27. The van der Waals surface area contributed by atoms with Crippen LogP contribution in [0, 0.1) is 11.3 Å². The maximum atomic E-state index is 13.4. The molecule has 0 saturated carbocycles. The first kappa shape index (κ1) is 22.9. The SMILES string of the molecule is CCOC(=O)C1=C(C)OC(N)=C(C#N)C1c1ccc(OC(F)(F)F)c(C(F)(F)F)c1. The van der Waals surface area contributed by atoms with Crippen molar-refractivity contribution in [3.05, 3.63) is 52.1 Å². The average molecular weight is 436 g/mol. The van der Waals surface area contributed by atoms with Crippen LogP contribution in [-0.4, -0.2) is 18.9 Å². The van der Waals surface area contributed by atoms with Crippen LogP contribution in [0.5, 0.6) is 5.75 Å². The lowest BCUT2D eigenvalue weighted by molar-refractivity contribution is -0.276. The quantitative estimate of drug-likeness (QED) is 0.560. The second-order valence-electron chi connectivity index (χ2n) is 5.92. The van der Waals surface area contributed by atoms with Gasteiger partial charge in [0.15, 0.2) is 0 Å². The molecule has 1 aliphatic heterocycles. The summed E-state index contributed by atoms with van der Waals surface area (Å²) >= 11 is 0. The topological polar surface area (TPSA) is 94.6 Å². The normalized spacial score (nSPS) is 17.4. The van der Waals surface area contributed by atoms with Gasteiger partial charge in [0.1, 0.15) is 23.2 Å². The highest BCUT2D eigenvalue weighted by Crippen LogP contribution is 2.44. The van der Waals surface area contributed by atoms with E-state index in [0.29, 0.717) is 12.1 Å². The first-order valence-electron chi connectivity index (χ1n) is 8.22. The smallest absolute Gasteiger partial charge is 0.463 e. The van der Waals surface area contributed by atoms with Crippen LogP contribution in [0.3, 0.4) is 0 Å². The lowest BCUT2D eigenvalue weighted by atomic mass is 9.82. The van der Waals surface area contributed by atoms with Gasteiger partial charge in [0.25, 0.3) is 0 Å². The van der Waals surface area contributed by atoms with Gasteiger partial charge in [-0.3, -0.25) is 0 Å². The number of hydrogen-bond donors (Lipinski definition) is 1. The zero-order valence-corrected chi connectivity index (χ0v) is 15.4. The molecule has 1 heterocycles. The third-order valence-corrected chi connectivity index (χ3v) is 3.97. The van der Waals surface area contributed by atoms with E-state index in [2.05, 4.69) is 4.74 Å². The van der Waals surface area contributed by atoms with Crippen LogP contribution < -0.4 is 10.5 Å². The van der Waals surface area contributed by atoms with Crippen molar-refractivity contribution in [1.29, 1.82) is 5.26 Å². The van der Waals surface area contributed by atoms with Crippen LogP contribution in [0.1, 0.15) is 30.9 Å². The number of esters is 1. The van der Waals surface area contributed by atoms with Crippen LogP contribution in [0.4, 0.5) is 26.3 Å². The predicted octanol–water partition coefficient (Wildman–Crippen LogP) is 4.25. The van der Waals surface area contributed by atoms with Crippen molar-refractivity contribution < 1.29 is 45.3 Å². The molecule has 12 heteroatoms. The second kappa shape index (κ2) is 8.17. The van der Waals surface area contributed by atoms with Gasteiger partial charge in [0.2, 0.25) is 5.88 Å². The minimum atomic E-state index is -5.37. The number of hydrogen-bond acceptors (Lipinski definition) is 6. The Labute approximate surface area is 166 Å². The molecule has 0 saturated heterocycles. The van der Waals surface area contributed by atoms with Crippen LogP contribution in [0.2, 0.25) is 0 Å². The molecule has 2 rings (SSSR count). The van der Waals surface area contributed by atoms with Gasteiger partial charge >= 0.3 is 18.5 Å². The Morgan fingerprint density at radius 3 is 2.40 bits per heavy atom. The molecule has 1 aromatic rings. The zero-order valence-electron chi connectivity index (χ0n) is 15.4. The molecule has 2 N–H and O–H groups in total. The van der Waals surface area contributed by atoms with Gasteiger partial charge in [-0.25, -0.2) is 4.79 Å². The van der Waals surface area contributed by atoms with Gasteiger partial charge < -0.3 is 19.9 Å². The number of carbonyl (C=O) groups excluding carboxylic acids is 1. The summed E-state index contributed by atoms with van der Waals surface area (Å²) in [5.41, 5.74) is 2.85. The second-order valence-corrected chi connectivity index (χ2v) is 5.92. The summed E-state index contributed by atoms with van der Waals surface area (Å²) < 4.78 is 91.2. The summed E-state index contributed by atoms with van der Waals surface area (Å²) in [5.74, 6) is -4.51. The van der Waals surface area contributed by atoms with Crippen LogP contribution in [-0.2, 0) is 20.4 Å². The maximum Gasteiger partial charge on any atom is 0.573 e. The molecule has 6 nitrogen and oxygen atoms in total. The molecule has 162 valence electrons. The van der Waals surface area contributed by atoms with Gasteiger partial charge in [-0.1, -0.05) is 6.07 Å². The lowest BCUT2D eigenvalue weighted by Crippen LogP contribution is -2.26. The van der Waals surface area contributed by atoms with Crippen molar-refractivity contribution >= 4 is 5.97 Å². The third kappa shape index (κ3) is 4.79. The third-order valence-electron chi connectivity index (χ3n) is 3.97. The first-order valence-corrected chi connectivity index (χ1v) is 8.22. The number of rotatable bonds is 4. The number of benzene rings is 1. The number of nitriles is 1. The number of ether oxygens (including phenoxy) is 3. The van der Waals surface area contributed by atoms with E-state index in [-0.39, 0.29) is 23.5 Å². The van der Waals surface area contributed by atoms with E-state index in [1.807, 2.05) is 0 Å². The molecule has 0 radical (unpaired) electrons. The number of alkyl halides is 6. The summed E-state index contributed by atoms with van der Waals surface area (Å²) in [7, 11) is 0. The van der Waals surface area contributed by atoms with Crippen molar-refractivity contribution in [2.75, 3.05) is 6.61 Å². The summed E-state index contributed by atoms with van der Waals surface area (Å²) in [6.07, 6.45) is -10.6. The van der Waals surface area contributed by atoms with E-state index in [1.54, 1.807) is 6.07 Å². The van der Waals surface area contributed by atoms with E-state index < -0.39 is 47.2 Å². The molecule has 1 atom stereocenters. The summed E-state index contributed by atoms with van der Waals surface area (Å²) in [6.45, 7) is 2.68. The molecule has 0 spiro atoms. The fraction of sp³-hybridized carbons (Fsp3) is 0.333. The van der Waals surface area contributed by atoms with Gasteiger partial charge in [-0.15, -0.1) is 13.2 Å². The summed E-state index contributed by atoms with van der Waals surface area (Å²) in [6, 6.07) is 3.32. The van der Waals surface area contributed by atoms with Crippen molar-refractivity contribution in [2.24, 2.45) is 5.73 Å². The van der Waals surface area contributed by atoms with Crippen LogP contribution in [0.25, 0.3) is 0 Å². The predicted molar refractivity (Wildman–Crippen MR) is 88.1 cm³/mol. The fourth-order valence-corrected chi connectivity index (χ4v) is 2.85. The molecule has 1 unspecified atom stereocenters. The van der Waals surface area contributed by atoms with Crippen LogP contribution >= 0.6 is 0 Å². The summed E-state index contributed by atoms with van der Waals surface area (Å²) in [4.78, 5) is 12.4. The number of allylic oxidation sites excluding steroid dienone is 2. The largest absolute Gasteiger partial charge is 0.573 e. The Morgan fingerprint density at radius 2 is 1.90 bits per heavy atom. The van der Waals surface area contributed by atoms with Crippen molar-refractivity contribution in [3.8, 4) is 11.8 Å². The van der Waals surface area contributed by atoms with Crippen molar-refractivity contribution in [2.45, 2.75) is 32.3 Å². The van der Waals surface area contributed by atoms with Crippen LogP contribution in [0.15, 0.2) is 41.0 Å². The number of nitrogens with zero attached hydrogens (tertiary/aromatic N) is 1. The minimum Gasteiger partial charge on any atom is -0.463 e. The molecule has 0 aromatic heterocycles. The van der Waals surface area contributed by atoms with E-state index in [9.17, 15) is 36.4 Å². The molecule has 0 amide bonds. The van der Waals surface area contributed by atoms with E-state index in [0.717, 1.165) is 6.07 Å². The summed E-state index contributed by atoms with van der Waals surface area (Å²) in [5, 5.41) is 9.41. The van der Waals surface area contributed by atoms with Crippen molar-refractivity contribution in [1.82, 2.24) is 0 Å². The molecule has 0 aliphatic carbocycles. The molecule has 1 aromatic carbocycles. The van der Waals surface area contributed by atoms with Gasteiger partial charge in [-0.2, -0.15) is 18.4 Å². The monoisotopic (exact) mass is 436 g/mol. The maximum absolute atomic E-state index is 13.4. The van der Waals surface area contributed by atoms with E-state index in [4.69, 9.17) is 15.2 Å². The molecule has 0 bridgehead atoms. The molecular weight excluding hydrogens is 422 g/mol. The average Bonchev–Trinajstić information content (AvgIpc) is 2.59. The molecule has 0 fully saturated rings. The first-order chi connectivity index (χ1) is 13.8. The van der Waals surface area contributed by atoms with Gasteiger partial charge in [0, 0.05) is 0 Å². The van der Waals surface area contributed by atoms with Crippen molar-refractivity contribution in [3.63, 3.8) is 0 Å². The Bertz CT molecular complexity index is 957. The van der Waals surface area contributed by atoms with Gasteiger partial charge in [-0.05, 0) is 31.5 Å². The highest BCUT2D eigenvalue weighted by molar-refractivity contribution is 5.92. The molecule has 30 heavy (non-hydrogen) atoms. The highest BCUT2D eigenvalue weighted by Gasteiger charge is 2.42. The van der Waals surface area contributed by atoms with E-state index in [1.165, 1.54) is 13.8 Å². The zero-order chi connectivity index (χ0) is 22.9. The number of halogens is 6. The van der Waals surface area contributed by atoms with Gasteiger partial charge in [0.05, 0.1) is 23.7 Å². The highest BCUT2D eigenvalue weighted by atomic mass is 19.4. The Balaban J connectivity index is 2.72. The fourth-order valence-electron chi connectivity index (χ4n) is 2.85. The Morgan fingerprint density at radius 1 is 1.27 bits per heavy atom. The Kier molecular flexibility index (Phi) is 6.25. The minimum absolute atomic E-state index is 0.0877. The number of nitrogens with two attached hydrogens (primary N) is 1.